The maximum absolute atomic E-state index is 12.8. The van der Waals surface area contributed by atoms with E-state index in [1.807, 2.05) is 0 Å². The summed E-state index contributed by atoms with van der Waals surface area (Å²) in [4.78, 5) is 12.8. The summed E-state index contributed by atoms with van der Waals surface area (Å²) < 4.78 is 0. The first-order valence-electron chi connectivity index (χ1n) is 13.9. The Labute approximate surface area is 206 Å². The van der Waals surface area contributed by atoms with E-state index in [9.17, 15) is 20.1 Å². The standard InChI is InChI=1S/C30H48O4/c1-25(2)14-15-30(24(33)34)19(16-25)18-8-9-21-27(5)12-11-22(31)26(3,4)20(27)10-13-28(21,6)29(18,7)17-23(30)32/h8,19-23,31-32H,9-17H2,1-7H3,(H,33,34)/t19-,20+,21-,22+,23+,27+,28-,29-,30+/m1/s1. The number of carbonyl (C=O) groups is 1. The lowest BCUT2D eigenvalue weighted by Gasteiger charge is -2.71. The molecule has 0 heterocycles. The van der Waals surface area contributed by atoms with Gasteiger partial charge in [0.1, 0.15) is 5.41 Å². The molecule has 0 saturated heterocycles. The molecular weight excluding hydrogens is 424 g/mol. The molecule has 0 aromatic carbocycles. The fourth-order valence-corrected chi connectivity index (χ4v) is 10.7. The third-order valence-corrected chi connectivity index (χ3v) is 13.1. The first kappa shape index (κ1) is 24.8. The molecule has 0 aromatic rings. The van der Waals surface area contributed by atoms with Crippen molar-refractivity contribution >= 4 is 5.97 Å². The molecule has 3 N–H and O–H groups in total. The molecule has 0 spiro atoms. The zero-order valence-electron chi connectivity index (χ0n) is 22.6. The van der Waals surface area contributed by atoms with Crippen molar-refractivity contribution in [1.82, 2.24) is 0 Å². The van der Waals surface area contributed by atoms with E-state index in [0.29, 0.717) is 24.7 Å². The van der Waals surface area contributed by atoms with Crippen LogP contribution in [0.2, 0.25) is 0 Å². The SMILES string of the molecule is CC1(C)CC[C@]2(C(=O)O)[C@H](C1)C1=CC[C@@H]3[C@@]4(C)CC[C@H](O)C(C)(C)[C@@H]4CC[C@@]3(C)[C@]1(C)C[C@@H]2O. The fourth-order valence-electron chi connectivity index (χ4n) is 10.7. The normalized spacial score (nSPS) is 53.4. The molecule has 0 aliphatic heterocycles. The summed E-state index contributed by atoms with van der Waals surface area (Å²) in [5.74, 6) is 0.0888. The lowest BCUT2D eigenvalue weighted by Crippen LogP contribution is -2.67. The Morgan fingerprint density at radius 3 is 2.18 bits per heavy atom. The van der Waals surface area contributed by atoms with Gasteiger partial charge >= 0.3 is 5.97 Å². The molecule has 0 amide bonds. The van der Waals surface area contributed by atoms with Crippen LogP contribution >= 0.6 is 0 Å². The summed E-state index contributed by atoms with van der Waals surface area (Å²) in [6, 6.07) is 0. The number of rotatable bonds is 1. The number of fused-ring (bicyclic) bond motifs is 7. The summed E-state index contributed by atoms with van der Waals surface area (Å²) in [5, 5.41) is 33.1. The Balaban J connectivity index is 1.63. The molecule has 4 fully saturated rings. The lowest BCUT2D eigenvalue weighted by molar-refractivity contribution is -0.218. The zero-order chi connectivity index (χ0) is 25.1. The van der Waals surface area contributed by atoms with Crippen LogP contribution in [0, 0.1) is 50.2 Å². The molecule has 34 heavy (non-hydrogen) atoms. The first-order chi connectivity index (χ1) is 15.6. The quantitative estimate of drug-likeness (QED) is 0.397. The molecule has 0 unspecified atom stereocenters. The second-order valence-corrected chi connectivity index (χ2v) is 15.2. The largest absolute Gasteiger partial charge is 0.481 e. The van der Waals surface area contributed by atoms with Crippen LogP contribution in [0.15, 0.2) is 11.6 Å². The van der Waals surface area contributed by atoms with E-state index >= 15 is 0 Å². The van der Waals surface area contributed by atoms with E-state index in [1.54, 1.807) is 0 Å². The first-order valence-corrected chi connectivity index (χ1v) is 13.9. The van der Waals surface area contributed by atoms with E-state index < -0.39 is 17.5 Å². The van der Waals surface area contributed by atoms with Gasteiger partial charge in [-0.15, -0.1) is 0 Å². The number of aliphatic hydroxyl groups excluding tert-OH is 2. The topological polar surface area (TPSA) is 77.8 Å². The molecule has 4 saturated carbocycles. The van der Waals surface area contributed by atoms with Gasteiger partial charge in [0.2, 0.25) is 0 Å². The summed E-state index contributed by atoms with van der Waals surface area (Å²) in [5.41, 5.74) is 0.295. The molecular formula is C30H48O4. The average molecular weight is 473 g/mol. The van der Waals surface area contributed by atoms with Crippen LogP contribution < -0.4 is 0 Å². The average Bonchev–Trinajstić information content (AvgIpc) is 2.71. The molecule has 0 bridgehead atoms. The van der Waals surface area contributed by atoms with Crippen LogP contribution in [0.25, 0.3) is 0 Å². The minimum Gasteiger partial charge on any atom is -0.481 e. The Hall–Kier alpha value is -0.870. The lowest BCUT2D eigenvalue weighted by atomic mass is 9.33. The van der Waals surface area contributed by atoms with E-state index in [0.717, 1.165) is 44.9 Å². The molecule has 5 aliphatic carbocycles. The van der Waals surface area contributed by atoms with Crippen LogP contribution in [0.5, 0.6) is 0 Å². The van der Waals surface area contributed by atoms with Gasteiger partial charge in [0, 0.05) is 0 Å². The Morgan fingerprint density at radius 2 is 1.53 bits per heavy atom. The van der Waals surface area contributed by atoms with Gasteiger partial charge in [-0.2, -0.15) is 0 Å². The molecule has 0 radical (unpaired) electrons. The number of hydrogen-bond acceptors (Lipinski definition) is 3. The van der Waals surface area contributed by atoms with E-state index in [2.05, 4.69) is 54.5 Å². The number of carboxylic acid groups (broad SMARTS) is 1. The number of aliphatic carboxylic acids is 1. The van der Waals surface area contributed by atoms with Crippen molar-refractivity contribution in [3.8, 4) is 0 Å². The number of aliphatic hydroxyl groups is 2. The number of carboxylic acids is 1. The third-order valence-electron chi connectivity index (χ3n) is 13.1. The van der Waals surface area contributed by atoms with Crippen LogP contribution in [0.4, 0.5) is 0 Å². The monoisotopic (exact) mass is 472 g/mol. The molecule has 4 nitrogen and oxygen atoms in total. The molecule has 192 valence electrons. The summed E-state index contributed by atoms with van der Waals surface area (Å²) in [6.07, 6.45) is 9.35. The van der Waals surface area contributed by atoms with Crippen molar-refractivity contribution in [2.75, 3.05) is 0 Å². The maximum Gasteiger partial charge on any atom is 0.312 e. The van der Waals surface area contributed by atoms with Crippen LogP contribution in [-0.2, 0) is 4.79 Å². The van der Waals surface area contributed by atoms with Crippen molar-refractivity contribution in [2.24, 2.45) is 50.2 Å². The molecule has 5 rings (SSSR count). The summed E-state index contributed by atoms with van der Waals surface area (Å²) in [7, 11) is 0. The van der Waals surface area contributed by atoms with Gasteiger partial charge in [-0.25, -0.2) is 0 Å². The molecule has 4 heteroatoms. The minimum atomic E-state index is -1.04. The second kappa shape index (κ2) is 7.12. The zero-order valence-corrected chi connectivity index (χ0v) is 22.6. The second-order valence-electron chi connectivity index (χ2n) is 15.2. The van der Waals surface area contributed by atoms with E-state index in [4.69, 9.17) is 0 Å². The van der Waals surface area contributed by atoms with E-state index in [-0.39, 0.29) is 39.1 Å². The van der Waals surface area contributed by atoms with Crippen LogP contribution in [0.3, 0.4) is 0 Å². The Morgan fingerprint density at radius 1 is 0.853 bits per heavy atom. The highest BCUT2D eigenvalue weighted by molar-refractivity contribution is 5.77. The van der Waals surface area contributed by atoms with Crippen LogP contribution in [-0.4, -0.2) is 33.5 Å². The highest BCUT2D eigenvalue weighted by atomic mass is 16.4. The number of hydrogen-bond donors (Lipinski definition) is 3. The molecule has 0 aromatic heterocycles. The van der Waals surface area contributed by atoms with Gasteiger partial charge < -0.3 is 15.3 Å². The summed E-state index contributed by atoms with van der Waals surface area (Å²) in [6.45, 7) is 16.4. The maximum atomic E-state index is 12.8. The highest BCUT2D eigenvalue weighted by Crippen LogP contribution is 2.75. The van der Waals surface area contributed by atoms with Gasteiger partial charge in [0.25, 0.3) is 0 Å². The minimum absolute atomic E-state index is 0.0218. The fraction of sp³-hybridized carbons (Fsp3) is 0.900. The Bertz CT molecular complexity index is 919. The van der Waals surface area contributed by atoms with Gasteiger partial charge in [-0.1, -0.05) is 60.1 Å². The van der Waals surface area contributed by atoms with Gasteiger partial charge in [0.05, 0.1) is 12.2 Å². The third kappa shape index (κ3) is 2.82. The van der Waals surface area contributed by atoms with Gasteiger partial charge in [-0.05, 0) is 103 Å². The number of allylic oxidation sites excluding steroid dienone is 2. The van der Waals surface area contributed by atoms with Crippen molar-refractivity contribution in [1.29, 1.82) is 0 Å². The Kier molecular flexibility index (Phi) is 5.20. The van der Waals surface area contributed by atoms with E-state index in [1.165, 1.54) is 5.57 Å². The predicted octanol–water partition coefficient (Wildman–Crippen LogP) is 6.20. The smallest absolute Gasteiger partial charge is 0.312 e. The molecule has 9 atom stereocenters. The summed E-state index contributed by atoms with van der Waals surface area (Å²) >= 11 is 0. The van der Waals surface area contributed by atoms with Gasteiger partial charge in [-0.3, -0.25) is 4.79 Å². The molecule has 5 aliphatic rings. The predicted molar refractivity (Wildman–Crippen MR) is 134 cm³/mol. The highest BCUT2D eigenvalue weighted by Gasteiger charge is 2.71. The van der Waals surface area contributed by atoms with Gasteiger partial charge in [0.15, 0.2) is 0 Å². The van der Waals surface area contributed by atoms with Crippen molar-refractivity contribution < 1.29 is 20.1 Å². The van der Waals surface area contributed by atoms with Crippen molar-refractivity contribution in [3.05, 3.63) is 11.6 Å². The van der Waals surface area contributed by atoms with Crippen molar-refractivity contribution in [3.63, 3.8) is 0 Å². The van der Waals surface area contributed by atoms with Crippen LogP contribution in [0.1, 0.15) is 106 Å². The van der Waals surface area contributed by atoms with Crippen molar-refractivity contribution in [2.45, 2.75) is 118 Å².